The van der Waals surface area contributed by atoms with E-state index in [0.717, 1.165) is 9.87 Å². The summed E-state index contributed by atoms with van der Waals surface area (Å²) in [6.07, 6.45) is 0. The van der Waals surface area contributed by atoms with Crippen molar-refractivity contribution in [3.8, 4) is 0 Å². The predicted octanol–water partition coefficient (Wildman–Crippen LogP) is 2.41. The topological polar surface area (TPSA) is 86.8 Å². The van der Waals surface area contributed by atoms with Gasteiger partial charge in [0.05, 0.1) is 12.3 Å². The molecular weight excluding hydrogens is 426 g/mol. The monoisotopic (exact) mass is 449 g/mol. The van der Waals surface area contributed by atoms with Crippen LogP contribution in [0.25, 0.3) is 0 Å². The van der Waals surface area contributed by atoms with Gasteiger partial charge in [-0.3, -0.25) is 14.5 Å². The Morgan fingerprint density at radius 3 is 2.37 bits per heavy atom. The van der Waals surface area contributed by atoms with Crippen molar-refractivity contribution in [2.24, 2.45) is 0 Å². The third-order valence-electron chi connectivity index (χ3n) is 5.17. The van der Waals surface area contributed by atoms with E-state index in [1.807, 2.05) is 30.3 Å². The molecular formula is C21H24ClN3O4S. The maximum atomic E-state index is 13.3. The summed E-state index contributed by atoms with van der Waals surface area (Å²) in [6, 6.07) is 15.9. The first-order valence-electron chi connectivity index (χ1n) is 9.56. The van der Waals surface area contributed by atoms with Crippen LogP contribution in [0.1, 0.15) is 19.4 Å². The van der Waals surface area contributed by atoms with E-state index in [9.17, 15) is 18.0 Å². The molecule has 7 nitrogen and oxygen atoms in total. The fraction of sp³-hybridized carbons (Fsp3) is 0.333. The number of halogens is 1. The molecule has 2 aromatic carbocycles. The number of anilines is 1. The quantitative estimate of drug-likeness (QED) is 0.733. The molecule has 1 unspecified atom stereocenters. The van der Waals surface area contributed by atoms with Crippen LogP contribution in [0.2, 0.25) is 5.02 Å². The molecule has 0 aromatic heterocycles. The second-order valence-corrected chi connectivity index (χ2v) is 10.0. The molecule has 0 radical (unpaired) electrons. The van der Waals surface area contributed by atoms with Gasteiger partial charge in [0.1, 0.15) is 5.54 Å². The highest BCUT2D eigenvalue weighted by molar-refractivity contribution is 7.89. The van der Waals surface area contributed by atoms with E-state index in [2.05, 4.69) is 5.32 Å². The van der Waals surface area contributed by atoms with E-state index in [0.29, 0.717) is 10.7 Å². The normalized spacial score (nSPS) is 20.2. The lowest BCUT2D eigenvalue weighted by Crippen LogP contribution is -2.70. The van der Waals surface area contributed by atoms with Gasteiger partial charge in [-0.05, 0) is 43.7 Å². The number of nitrogens with zero attached hydrogens (tertiary/aromatic N) is 2. The van der Waals surface area contributed by atoms with Crippen LogP contribution < -0.4 is 10.2 Å². The molecule has 0 spiro atoms. The molecule has 30 heavy (non-hydrogen) atoms. The molecule has 160 valence electrons. The third-order valence-corrected chi connectivity index (χ3v) is 7.19. The number of hydrogen-bond donors (Lipinski definition) is 1. The summed E-state index contributed by atoms with van der Waals surface area (Å²) >= 11 is 5.97. The standard InChI is InChI=1S/C21H24ClN3O4S/c1-3-30(28,29)24-14-19(26)25(18-11-9-17(22)10-12-18)21(2,15-24)20(27)23-13-16-7-5-4-6-8-16/h4-12H,3,13-15H2,1-2H3,(H,23,27). The predicted molar refractivity (Wildman–Crippen MR) is 117 cm³/mol. The maximum absolute atomic E-state index is 13.3. The van der Waals surface area contributed by atoms with Crippen molar-refractivity contribution in [3.05, 3.63) is 65.2 Å². The van der Waals surface area contributed by atoms with E-state index >= 15 is 0 Å². The summed E-state index contributed by atoms with van der Waals surface area (Å²) < 4.78 is 26.1. The van der Waals surface area contributed by atoms with Gasteiger partial charge in [-0.1, -0.05) is 41.9 Å². The zero-order valence-corrected chi connectivity index (χ0v) is 18.4. The van der Waals surface area contributed by atoms with Crippen LogP contribution in [0, 0.1) is 0 Å². The Balaban J connectivity index is 1.96. The summed E-state index contributed by atoms with van der Waals surface area (Å²) in [4.78, 5) is 27.7. The zero-order valence-electron chi connectivity index (χ0n) is 16.8. The Kier molecular flexibility index (Phi) is 6.50. The van der Waals surface area contributed by atoms with E-state index in [1.165, 1.54) is 11.8 Å². The van der Waals surface area contributed by atoms with Gasteiger partial charge in [0.15, 0.2) is 0 Å². The molecule has 2 amide bonds. The highest BCUT2D eigenvalue weighted by atomic mass is 35.5. The molecule has 1 atom stereocenters. The number of benzene rings is 2. The minimum Gasteiger partial charge on any atom is -0.350 e. The first kappa shape index (κ1) is 22.3. The summed E-state index contributed by atoms with van der Waals surface area (Å²) in [5.41, 5.74) is -0.0526. The summed E-state index contributed by atoms with van der Waals surface area (Å²) in [7, 11) is -3.65. The second kappa shape index (κ2) is 8.75. The van der Waals surface area contributed by atoms with E-state index in [-0.39, 0.29) is 25.4 Å². The zero-order chi connectivity index (χ0) is 21.9. The van der Waals surface area contributed by atoms with Gasteiger partial charge in [0.25, 0.3) is 0 Å². The summed E-state index contributed by atoms with van der Waals surface area (Å²) in [5.74, 6) is -1.06. The summed E-state index contributed by atoms with van der Waals surface area (Å²) in [5, 5.41) is 3.34. The van der Waals surface area contributed by atoms with Gasteiger partial charge in [-0.15, -0.1) is 0 Å². The van der Waals surface area contributed by atoms with E-state index < -0.39 is 27.4 Å². The SMILES string of the molecule is CCS(=O)(=O)N1CC(=O)N(c2ccc(Cl)cc2)C(C)(C(=O)NCc2ccccc2)C1. The molecule has 1 N–H and O–H groups in total. The maximum Gasteiger partial charge on any atom is 0.247 e. The van der Waals surface area contributed by atoms with Crippen molar-refractivity contribution >= 4 is 39.1 Å². The Labute approximate surface area is 181 Å². The molecule has 0 aliphatic carbocycles. The molecule has 9 heteroatoms. The van der Waals surface area contributed by atoms with Crippen molar-refractivity contribution in [2.75, 3.05) is 23.7 Å². The first-order chi connectivity index (χ1) is 14.2. The fourth-order valence-electron chi connectivity index (χ4n) is 3.51. The number of amides is 2. The van der Waals surface area contributed by atoms with Crippen LogP contribution in [0.4, 0.5) is 5.69 Å². The van der Waals surface area contributed by atoms with Crippen molar-refractivity contribution in [1.82, 2.24) is 9.62 Å². The fourth-order valence-corrected chi connectivity index (χ4v) is 4.75. The van der Waals surface area contributed by atoms with Crippen LogP contribution in [-0.4, -0.2) is 48.9 Å². The van der Waals surface area contributed by atoms with Crippen molar-refractivity contribution < 1.29 is 18.0 Å². The van der Waals surface area contributed by atoms with Gasteiger partial charge >= 0.3 is 0 Å². The lowest BCUT2D eigenvalue weighted by molar-refractivity contribution is -0.133. The molecule has 1 heterocycles. The molecule has 1 fully saturated rings. The van der Waals surface area contributed by atoms with Crippen molar-refractivity contribution in [3.63, 3.8) is 0 Å². The minimum absolute atomic E-state index is 0.141. The Morgan fingerprint density at radius 1 is 1.13 bits per heavy atom. The second-order valence-electron chi connectivity index (χ2n) is 7.32. The van der Waals surface area contributed by atoms with E-state index in [4.69, 9.17) is 11.6 Å². The Bertz CT molecular complexity index is 1030. The molecule has 1 saturated heterocycles. The average Bonchev–Trinajstić information content (AvgIpc) is 2.73. The Morgan fingerprint density at radius 2 is 1.77 bits per heavy atom. The molecule has 3 rings (SSSR count). The number of hydrogen-bond acceptors (Lipinski definition) is 4. The summed E-state index contributed by atoms with van der Waals surface area (Å²) in [6.45, 7) is 2.90. The van der Waals surface area contributed by atoms with Gasteiger partial charge < -0.3 is 5.32 Å². The number of carbonyl (C=O) groups is 2. The Hall–Kier alpha value is -2.42. The van der Waals surface area contributed by atoms with Gasteiger partial charge in [-0.25, -0.2) is 8.42 Å². The van der Waals surface area contributed by atoms with Gasteiger partial charge in [0.2, 0.25) is 21.8 Å². The minimum atomic E-state index is -3.65. The average molecular weight is 450 g/mol. The van der Waals surface area contributed by atoms with Gasteiger partial charge in [0, 0.05) is 23.8 Å². The van der Waals surface area contributed by atoms with Crippen LogP contribution in [0.3, 0.4) is 0 Å². The highest BCUT2D eigenvalue weighted by Gasteiger charge is 2.50. The molecule has 2 aromatic rings. The molecule has 1 aliphatic heterocycles. The third kappa shape index (κ3) is 4.50. The van der Waals surface area contributed by atoms with Crippen LogP contribution in [0.15, 0.2) is 54.6 Å². The number of piperazine rings is 1. The van der Waals surface area contributed by atoms with Crippen LogP contribution in [0.5, 0.6) is 0 Å². The number of sulfonamides is 1. The molecule has 0 saturated carbocycles. The largest absolute Gasteiger partial charge is 0.350 e. The lowest BCUT2D eigenvalue weighted by atomic mass is 9.94. The lowest BCUT2D eigenvalue weighted by Gasteiger charge is -2.46. The number of carbonyl (C=O) groups excluding carboxylic acids is 2. The van der Waals surface area contributed by atoms with Crippen LogP contribution >= 0.6 is 11.6 Å². The van der Waals surface area contributed by atoms with Crippen molar-refractivity contribution in [2.45, 2.75) is 25.9 Å². The number of rotatable bonds is 6. The number of nitrogens with one attached hydrogen (secondary N) is 1. The molecule has 1 aliphatic rings. The first-order valence-corrected chi connectivity index (χ1v) is 11.5. The smallest absolute Gasteiger partial charge is 0.247 e. The highest BCUT2D eigenvalue weighted by Crippen LogP contribution is 2.31. The van der Waals surface area contributed by atoms with Gasteiger partial charge in [-0.2, -0.15) is 4.31 Å². The molecule has 0 bridgehead atoms. The van der Waals surface area contributed by atoms with Crippen LogP contribution in [-0.2, 0) is 26.2 Å². The van der Waals surface area contributed by atoms with E-state index in [1.54, 1.807) is 31.2 Å². The van der Waals surface area contributed by atoms with Crippen molar-refractivity contribution in [1.29, 1.82) is 0 Å².